The Morgan fingerprint density at radius 1 is 1.20 bits per heavy atom. The van der Waals surface area contributed by atoms with Crippen LogP contribution in [0.25, 0.3) is 11.1 Å². The largest absolute Gasteiger partial charge is 0.423 e. The van der Waals surface area contributed by atoms with Crippen LogP contribution in [-0.2, 0) is 4.79 Å². The summed E-state index contributed by atoms with van der Waals surface area (Å²) in [6, 6.07) is 13.5. The van der Waals surface area contributed by atoms with Gasteiger partial charge in [-0.25, -0.2) is 9.38 Å². The van der Waals surface area contributed by atoms with Gasteiger partial charge in [-0.2, -0.15) is 4.98 Å². The molecule has 0 unspecified atom stereocenters. The third-order valence-electron chi connectivity index (χ3n) is 5.41. The number of rotatable bonds is 2. The minimum absolute atomic E-state index is 0.0870. The van der Waals surface area contributed by atoms with Crippen molar-refractivity contribution in [3.8, 4) is 0 Å². The third-order valence-corrected chi connectivity index (χ3v) is 5.41. The van der Waals surface area contributed by atoms with Crippen molar-refractivity contribution in [1.82, 2.24) is 10.3 Å². The number of Topliss-reactive ketones (excluding diaryl/α,β-unsaturated/α-hetero) is 1. The average Bonchev–Trinajstić information content (AvgIpc) is 3.08. The Hall–Kier alpha value is -3.48. The number of ketones is 1. The Kier molecular flexibility index (Phi) is 4.20. The highest BCUT2D eigenvalue weighted by molar-refractivity contribution is 5.98. The van der Waals surface area contributed by atoms with E-state index in [1.54, 1.807) is 12.1 Å². The van der Waals surface area contributed by atoms with Gasteiger partial charge in [-0.1, -0.05) is 44.2 Å². The Bertz CT molecular complexity index is 1180. The zero-order valence-electron chi connectivity index (χ0n) is 16.6. The number of aliphatic imine (C=N–C) groups is 1. The van der Waals surface area contributed by atoms with Crippen LogP contribution in [0.5, 0.6) is 0 Å². The van der Waals surface area contributed by atoms with Crippen LogP contribution >= 0.6 is 0 Å². The number of carbonyl (C=O) groups excluding carboxylic acids is 1. The van der Waals surface area contributed by atoms with E-state index in [2.05, 4.69) is 21.7 Å². The summed E-state index contributed by atoms with van der Waals surface area (Å²) >= 11 is 0. The number of allylic oxidation sites excluding steroid dienone is 1. The molecule has 2 heterocycles. The predicted octanol–water partition coefficient (Wildman–Crippen LogP) is 4.58. The molecule has 2 N–H and O–H groups in total. The van der Waals surface area contributed by atoms with E-state index < -0.39 is 12.0 Å². The van der Waals surface area contributed by atoms with Gasteiger partial charge in [-0.3, -0.25) is 10.1 Å². The molecule has 2 aliphatic rings. The lowest BCUT2D eigenvalue weighted by atomic mass is 9.72. The van der Waals surface area contributed by atoms with Gasteiger partial charge in [0.15, 0.2) is 5.58 Å². The van der Waals surface area contributed by atoms with Crippen molar-refractivity contribution >= 4 is 28.9 Å². The first kappa shape index (κ1) is 18.5. The second-order valence-corrected chi connectivity index (χ2v) is 8.42. The van der Waals surface area contributed by atoms with Crippen molar-refractivity contribution in [3.63, 3.8) is 0 Å². The molecule has 3 aromatic rings. The number of guanidine groups is 1. The number of benzene rings is 2. The van der Waals surface area contributed by atoms with Crippen molar-refractivity contribution in [1.29, 1.82) is 0 Å². The lowest BCUT2D eigenvalue weighted by Gasteiger charge is -2.38. The number of aromatic nitrogens is 1. The van der Waals surface area contributed by atoms with Crippen LogP contribution in [0.1, 0.15) is 31.9 Å². The number of nitrogens with one attached hydrogen (secondary N) is 2. The lowest BCUT2D eigenvalue weighted by Crippen LogP contribution is -2.45. The van der Waals surface area contributed by atoms with E-state index in [0.717, 1.165) is 11.2 Å². The van der Waals surface area contributed by atoms with Gasteiger partial charge in [0, 0.05) is 12.1 Å². The van der Waals surface area contributed by atoms with Gasteiger partial charge in [0.2, 0.25) is 5.96 Å². The zero-order chi connectivity index (χ0) is 20.9. The summed E-state index contributed by atoms with van der Waals surface area (Å²) in [6.45, 7) is 4.04. The maximum atomic E-state index is 13.9. The second kappa shape index (κ2) is 6.79. The van der Waals surface area contributed by atoms with Gasteiger partial charge < -0.3 is 9.73 Å². The van der Waals surface area contributed by atoms with Crippen molar-refractivity contribution in [2.24, 2.45) is 16.3 Å². The van der Waals surface area contributed by atoms with Crippen LogP contribution in [0, 0.1) is 17.2 Å². The first-order chi connectivity index (χ1) is 14.4. The van der Waals surface area contributed by atoms with Crippen molar-refractivity contribution in [3.05, 3.63) is 71.7 Å². The van der Waals surface area contributed by atoms with Crippen LogP contribution < -0.4 is 10.6 Å². The Morgan fingerprint density at radius 2 is 2.03 bits per heavy atom. The number of nitrogens with zero attached hydrogens (tertiary/aromatic N) is 2. The second-order valence-electron chi connectivity index (χ2n) is 8.42. The van der Waals surface area contributed by atoms with Crippen molar-refractivity contribution < 1.29 is 13.6 Å². The third kappa shape index (κ3) is 3.36. The number of hydrogen-bond acceptors (Lipinski definition) is 6. The molecule has 1 aromatic heterocycles. The van der Waals surface area contributed by atoms with Crippen LogP contribution in [0.15, 0.2) is 69.7 Å². The van der Waals surface area contributed by atoms with Gasteiger partial charge in [0.25, 0.3) is 0 Å². The van der Waals surface area contributed by atoms with Crippen molar-refractivity contribution in [2.75, 3.05) is 5.32 Å². The highest BCUT2D eigenvalue weighted by atomic mass is 19.1. The SMILES string of the molecule is CC1(C)C=C2NC(Nc3nc4ccccc4o3)=N[C@@H](c3cccc(F)c3)[C@@H]2C(=O)C1. The summed E-state index contributed by atoms with van der Waals surface area (Å²) in [5.41, 5.74) is 2.52. The summed E-state index contributed by atoms with van der Waals surface area (Å²) in [5, 5.41) is 6.31. The smallest absolute Gasteiger partial charge is 0.302 e. The average molecular weight is 404 g/mol. The number of hydrogen-bond donors (Lipinski definition) is 2. The number of carbonyl (C=O) groups is 1. The fraction of sp³-hybridized carbons (Fsp3) is 0.261. The van der Waals surface area contributed by atoms with Gasteiger partial charge in [0.05, 0.1) is 12.0 Å². The number of anilines is 1. The summed E-state index contributed by atoms with van der Waals surface area (Å²) in [4.78, 5) is 22.1. The number of para-hydroxylation sites is 2. The molecule has 0 fully saturated rings. The summed E-state index contributed by atoms with van der Waals surface area (Å²) < 4.78 is 19.7. The van der Waals surface area contributed by atoms with Gasteiger partial charge in [-0.05, 0) is 35.2 Å². The fourth-order valence-electron chi connectivity index (χ4n) is 4.18. The molecule has 0 radical (unpaired) electrons. The molecule has 1 aliphatic heterocycles. The standard InChI is InChI=1S/C23H21FN4O2/c1-23(2)11-16-19(17(29)12-23)20(13-6-5-7-14(24)10-13)27-21(25-16)28-22-26-15-8-3-4-9-18(15)30-22/h3-11,19-20H,12H2,1-2H3,(H2,25,26,27,28)/t19-,20-/m0/s1. The predicted molar refractivity (Wildman–Crippen MR) is 112 cm³/mol. The van der Waals surface area contributed by atoms with E-state index in [-0.39, 0.29) is 17.0 Å². The summed E-state index contributed by atoms with van der Waals surface area (Å²) in [7, 11) is 0. The van der Waals surface area contributed by atoms with E-state index in [1.807, 2.05) is 38.1 Å². The van der Waals surface area contributed by atoms with E-state index >= 15 is 0 Å². The number of halogens is 1. The first-order valence-electron chi connectivity index (χ1n) is 9.86. The molecule has 7 heteroatoms. The number of oxazole rings is 1. The van der Waals surface area contributed by atoms with Gasteiger partial charge in [0.1, 0.15) is 17.1 Å². The molecule has 30 heavy (non-hydrogen) atoms. The van der Waals surface area contributed by atoms with Gasteiger partial charge >= 0.3 is 6.01 Å². The van der Waals surface area contributed by atoms with E-state index in [9.17, 15) is 9.18 Å². The van der Waals surface area contributed by atoms with E-state index in [1.165, 1.54) is 12.1 Å². The maximum absolute atomic E-state index is 13.9. The normalized spacial score (nSPS) is 22.7. The maximum Gasteiger partial charge on any atom is 0.302 e. The molecular weight excluding hydrogens is 383 g/mol. The monoisotopic (exact) mass is 404 g/mol. The van der Waals surface area contributed by atoms with Crippen LogP contribution in [-0.4, -0.2) is 16.7 Å². The Labute approximate surface area is 172 Å². The molecule has 0 bridgehead atoms. The zero-order valence-corrected chi connectivity index (χ0v) is 16.6. The topological polar surface area (TPSA) is 79.5 Å². The minimum Gasteiger partial charge on any atom is -0.423 e. The first-order valence-corrected chi connectivity index (χ1v) is 9.86. The van der Waals surface area contributed by atoms with Crippen LogP contribution in [0.3, 0.4) is 0 Å². The highest BCUT2D eigenvalue weighted by Crippen LogP contribution is 2.42. The molecule has 2 aromatic carbocycles. The van der Waals surface area contributed by atoms with Crippen molar-refractivity contribution in [2.45, 2.75) is 26.3 Å². The molecule has 1 aliphatic carbocycles. The molecule has 152 valence electrons. The molecule has 5 rings (SSSR count). The fourth-order valence-corrected chi connectivity index (χ4v) is 4.18. The van der Waals surface area contributed by atoms with E-state index in [0.29, 0.717) is 29.5 Å². The molecule has 2 atom stereocenters. The molecule has 0 amide bonds. The quantitative estimate of drug-likeness (QED) is 0.654. The lowest BCUT2D eigenvalue weighted by molar-refractivity contribution is -0.124. The molecule has 6 nitrogen and oxygen atoms in total. The summed E-state index contributed by atoms with van der Waals surface area (Å²) in [6.07, 6.45) is 2.48. The Balaban J connectivity index is 1.56. The van der Waals surface area contributed by atoms with E-state index in [4.69, 9.17) is 9.41 Å². The Morgan fingerprint density at radius 3 is 2.83 bits per heavy atom. The highest BCUT2D eigenvalue weighted by Gasteiger charge is 2.42. The van der Waals surface area contributed by atoms with Crippen LogP contribution in [0.4, 0.5) is 10.4 Å². The molecule has 0 saturated carbocycles. The van der Waals surface area contributed by atoms with Crippen LogP contribution in [0.2, 0.25) is 0 Å². The molecule has 0 spiro atoms. The minimum atomic E-state index is -0.538. The molecule has 0 saturated heterocycles. The van der Waals surface area contributed by atoms with Gasteiger partial charge in [-0.15, -0.1) is 0 Å². The number of fused-ring (bicyclic) bond motifs is 2. The molecular formula is C23H21FN4O2. The summed E-state index contributed by atoms with van der Waals surface area (Å²) in [5.74, 6) is -0.342.